The van der Waals surface area contributed by atoms with Crippen LogP contribution in [0.1, 0.15) is 16.7 Å². The molecule has 2 amide bonds. The third kappa shape index (κ3) is 4.65. The molecule has 0 saturated heterocycles. The number of anilines is 1. The van der Waals surface area contributed by atoms with Crippen LogP contribution in [0, 0.1) is 13.8 Å². The summed E-state index contributed by atoms with van der Waals surface area (Å²) in [4.78, 5) is 28.9. The summed E-state index contributed by atoms with van der Waals surface area (Å²) in [6.45, 7) is 3.93. The van der Waals surface area contributed by atoms with E-state index in [1.807, 2.05) is 68.5 Å². The molecular formula is C20H18N2O2S2. The SMILES string of the molecule is Cc1cccc(C)c1NC(=O)CSC1=NC(=O)/C(=C\c2ccccc2)S1. The van der Waals surface area contributed by atoms with E-state index in [2.05, 4.69) is 10.3 Å². The van der Waals surface area contributed by atoms with Gasteiger partial charge in [-0.3, -0.25) is 9.59 Å². The van der Waals surface area contributed by atoms with Crippen LogP contribution in [0.3, 0.4) is 0 Å². The summed E-state index contributed by atoms with van der Waals surface area (Å²) in [5.41, 5.74) is 3.86. The maximum absolute atomic E-state index is 12.2. The van der Waals surface area contributed by atoms with E-state index >= 15 is 0 Å². The lowest BCUT2D eigenvalue weighted by Gasteiger charge is -2.11. The summed E-state index contributed by atoms with van der Waals surface area (Å²) in [5.74, 6) is -0.147. The van der Waals surface area contributed by atoms with Crippen LogP contribution in [0.4, 0.5) is 5.69 Å². The molecule has 132 valence electrons. The molecule has 3 rings (SSSR count). The zero-order valence-electron chi connectivity index (χ0n) is 14.5. The van der Waals surface area contributed by atoms with Crippen molar-refractivity contribution < 1.29 is 9.59 Å². The highest BCUT2D eigenvalue weighted by molar-refractivity contribution is 8.41. The van der Waals surface area contributed by atoms with Crippen molar-refractivity contribution in [2.45, 2.75) is 13.8 Å². The number of aryl methyl sites for hydroxylation is 2. The minimum atomic E-state index is -0.253. The molecule has 0 fully saturated rings. The van der Waals surface area contributed by atoms with Crippen molar-refractivity contribution in [3.05, 3.63) is 70.1 Å². The Labute approximate surface area is 161 Å². The monoisotopic (exact) mass is 382 g/mol. The molecule has 2 aromatic carbocycles. The van der Waals surface area contributed by atoms with Gasteiger partial charge in [-0.1, -0.05) is 72.1 Å². The van der Waals surface area contributed by atoms with E-state index in [1.165, 1.54) is 23.5 Å². The van der Waals surface area contributed by atoms with Crippen molar-refractivity contribution in [1.82, 2.24) is 0 Å². The normalized spacial score (nSPS) is 15.2. The highest BCUT2D eigenvalue weighted by atomic mass is 32.2. The lowest BCUT2D eigenvalue weighted by Crippen LogP contribution is -2.16. The average molecular weight is 383 g/mol. The van der Waals surface area contributed by atoms with Crippen LogP contribution in [-0.2, 0) is 9.59 Å². The number of para-hydroxylation sites is 1. The molecule has 1 aliphatic heterocycles. The van der Waals surface area contributed by atoms with Gasteiger partial charge >= 0.3 is 0 Å². The van der Waals surface area contributed by atoms with Gasteiger partial charge in [-0.15, -0.1) is 0 Å². The molecular weight excluding hydrogens is 364 g/mol. The molecule has 0 bridgehead atoms. The fourth-order valence-electron chi connectivity index (χ4n) is 2.47. The van der Waals surface area contributed by atoms with Crippen molar-refractivity contribution in [1.29, 1.82) is 0 Å². The predicted octanol–water partition coefficient (Wildman–Crippen LogP) is 4.65. The third-order valence-electron chi connectivity index (χ3n) is 3.77. The van der Waals surface area contributed by atoms with E-state index in [1.54, 1.807) is 0 Å². The van der Waals surface area contributed by atoms with Gasteiger partial charge in [0, 0.05) is 5.69 Å². The fraction of sp³-hybridized carbons (Fsp3) is 0.150. The second kappa shape index (κ2) is 8.38. The minimum absolute atomic E-state index is 0.108. The molecule has 4 nitrogen and oxygen atoms in total. The highest BCUT2D eigenvalue weighted by Gasteiger charge is 2.23. The second-order valence-corrected chi connectivity index (χ2v) is 8.06. The number of aliphatic imine (C=N–C) groups is 1. The summed E-state index contributed by atoms with van der Waals surface area (Å²) < 4.78 is 0.605. The van der Waals surface area contributed by atoms with Gasteiger partial charge in [0.25, 0.3) is 5.91 Å². The lowest BCUT2D eigenvalue weighted by molar-refractivity contribution is -0.114. The number of thioether (sulfide) groups is 2. The number of amides is 2. The smallest absolute Gasteiger partial charge is 0.285 e. The zero-order chi connectivity index (χ0) is 18.5. The van der Waals surface area contributed by atoms with Crippen molar-refractivity contribution in [2.24, 2.45) is 4.99 Å². The molecule has 1 N–H and O–H groups in total. The number of carbonyl (C=O) groups is 2. The topological polar surface area (TPSA) is 58.5 Å². The maximum atomic E-state index is 12.2. The van der Waals surface area contributed by atoms with Gasteiger partial charge in [0.1, 0.15) is 4.38 Å². The Balaban J connectivity index is 1.57. The first-order valence-corrected chi connectivity index (χ1v) is 9.89. The molecule has 1 heterocycles. The van der Waals surface area contributed by atoms with E-state index in [9.17, 15) is 9.59 Å². The van der Waals surface area contributed by atoms with Gasteiger partial charge in [-0.05, 0) is 36.6 Å². The number of hydrogen-bond donors (Lipinski definition) is 1. The van der Waals surface area contributed by atoms with Crippen LogP contribution in [0.15, 0.2) is 58.4 Å². The summed E-state index contributed by atoms with van der Waals surface area (Å²) in [7, 11) is 0. The maximum Gasteiger partial charge on any atom is 0.285 e. The van der Waals surface area contributed by atoms with Crippen LogP contribution < -0.4 is 5.32 Å². The number of nitrogens with zero attached hydrogens (tertiary/aromatic N) is 1. The largest absolute Gasteiger partial charge is 0.325 e. The van der Waals surface area contributed by atoms with Crippen LogP contribution in [0.25, 0.3) is 6.08 Å². The van der Waals surface area contributed by atoms with Crippen molar-refractivity contribution in [3.63, 3.8) is 0 Å². The van der Waals surface area contributed by atoms with Gasteiger partial charge in [0.2, 0.25) is 5.91 Å². The van der Waals surface area contributed by atoms with Crippen LogP contribution in [0.2, 0.25) is 0 Å². The molecule has 0 aliphatic carbocycles. The molecule has 6 heteroatoms. The summed E-state index contributed by atoms with van der Waals surface area (Å²) in [5, 5.41) is 2.94. The first-order valence-electron chi connectivity index (χ1n) is 8.09. The standard InChI is InChI=1S/C20H18N2O2S2/c1-13-7-6-8-14(2)18(13)21-17(23)12-25-20-22-19(24)16(26-20)11-15-9-4-3-5-10-15/h3-11H,12H2,1-2H3,(H,21,23)/b16-11+. The molecule has 0 radical (unpaired) electrons. The Kier molecular flexibility index (Phi) is 5.96. The first kappa shape index (κ1) is 18.5. The van der Waals surface area contributed by atoms with Crippen LogP contribution in [-0.4, -0.2) is 21.9 Å². The number of benzene rings is 2. The van der Waals surface area contributed by atoms with Crippen LogP contribution >= 0.6 is 23.5 Å². The lowest BCUT2D eigenvalue weighted by atomic mass is 10.1. The summed E-state index contributed by atoms with van der Waals surface area (Å²) in [6.07, 6.45) is 1.82. The van der Waals surface area contributed by atoms with Gasteiger partial charge in [-0.25, -0.2) is 0 Å². The van der Waals surface area contributed by atoms with Crippen molar-refractivity contribution in [3.8, 4) is 0 Å². The van der Waals surface area contributed by atoms with Gasteiger partial charge in [0.15, 0.2) is 0 Å². The molecule has 0 atom stereocenters. The van der Waals surface area contributed by atoms with Crippen molar-refractivity contribution in [2.75, 3.05) is 11.1 Å². The number of carbonyl (C=O) groups excluding carboxylic acids is 2. The Morgan fingerprint density at radius 2 is 1.81 bits per heavy atom. The van der Waals surface area contributed by atoms with E-state index in [-0.39, 0.29) is 17.6 Å². The first-order chi connectivity index (χ1) is 12.5. The van der Waals surface area contributed by atoms with E-state index < -0.39 is 0 Å². The Hall–Kier alpha value is -2.31. The van der Waals surface area contributed by atoms with Crippen LogP contribution in [0.5, 0.6) is 0 Å². The Morgan fingerprint density at radius 3 is 2.50 bits per heavy atom. The molecule has 1 aliphatic rings. The predicted molar refractivity (Wildman–Crippen MR) is 111 cm³/mol. The Morgan fingerprint density at radius 1 is 1.12 bits per heavy atom. The molecule has 0 unspecified atom stereocenters. The van der Waals surface area contributed by atoms with Gasteiger partial charge in [-0.2, -0.15) is 4.99 Å². The third-order valence-corrected chi connectivity index (χ3v) is 5.90. The summed E-state index contributed by atoms with van der Waals surface area (Å²) >= 11 is 2.59. The molecule has 0 aromatic heterocycles. The number of nitrogens with one attached hydrogen (secondary N) is 1. The van der Waals surface area contributed by atoms with E-state index in [0.717, 1.165) is 22.4 Å². The molecule has 0 spiro atoms. The number of hydrogen-bond acceptors (Lipinski definition) is 4. The number of rotatable bonds is 4. The van der Waals surface area contributed by atoms with Crippen molar-refractivity contribution >= 4 is 51.5 Å². The highest BCUT2D eigenvalue weighted by Crippen LogP contribution is 2.33. The van der Waals surface area contributed by atoms with E-state index in [4.69, 9.17) is 0 Å². The van der Waals surface area contributed by atoms with Gasteiger partial charge in [0.05, 0.1) is 10.7 Å². The average Bonchev–Trinajstić information content (AvgIpc) is 2.97. The second-order valence-electron chi connectivity index (χ2n) is 5.81. The quantitative estimate of drug-likeness (QED) is 0.782. The zero-order valence-corrected chi connectivity index (χ0v) is 16.1. The minimum Gasteiger partial charge on any atom is -0.325 e. The fourth-order valence-corrected chi connectivity index (χ4v) is 4.27. The summed E-state index contributed by atoms with van der Waals surface area (Å²) in [6, 6.07) is 15.5. The Bertz CT molecular complexity index is 885. The van der Waals surface area contributed by atoms with Gasteiger partial charge < -0.3 is 5.32 Å². The molecule has 2 aromatic rings. The van der Waals surface area contributed by atoms with E-state index in [0.29, 0.717) is 9.28 Å². The molecule has 0 saturated carbocycles. The molecule has 26 heavy (non-hydrogen) atoms.